The summed E-state index contributed by atoms with van der Waals surface area (Å²) in [6.45, 7) is 4.97. The molecule has 0 bridgehead atoms. The first kappa shape index (κ1) is 23.4. The maximum Gasteiger partial charge on any atom is 0.335 e. The van der Waals surface area contributed by atoms with Gasteiger partial charge in [0.15, 0.2) is 0 Å². The lowest BCUT2D eigenvalue weighted by Crippen LogP contribution is -2.41. The molecule has 1 aliphatic rings. The highest BCUT2D eigenvalue weighted by molar-refractivity contribution is 6.30. The molecule has 174 valence electrons. The van der Waals surface area contributed by atoms with Crippen molar-refractivity contribution in [3.05, 3.63) is 99.9 Å². The lowest BCUT2D eigenvalue weighted by Gasteiger charge is -2.22. The second-order valence-electron chi connectivity index (χ2n) is 8.07. The van der Waals surface area contributed by atoms with Crippen LogP contribution in [-0.4, -0.2) is 28.1 Å². The van der Waals surface area contributed by atoms with Crippen molar-refractivity contribution in [3.8, 4) is 0 Å². The van der Waals surface area contributed by atoms with Crippen LogP contribution in [0.2, 0.25) is 5.02 Å². The molecule has 4 rings (SSSR count). The van der Waals surface area contributed by atoms with Crippen LogP contribution in [0.5, 0.6) is 0 Å². The van der Waals surface area contributed by atoms with Gasteiger partial charge in [-0.2, -0.15) is 0 Å². The van der Waals surface area contributed by atoms with Gasteiger partial charge in [-0.25, -0.2) is 4.79 Å². The Labute approximate surface area is 203 Å². The summed E-state index contributed by atoms with van der Waals surface area (Å²) in [5, 5.41) is 11.7. The Balaban J connectivity index is 1.61. The number of hydrogen-bond acceptors (Lipinski definition) is 3. The lowest BCUT2D eigenvalue weighted by molar-refractivity contribution is -0.115. The Kier molecular flexibility index (Phi) is 6.89. The number of carboxylic acids is 1. The van der Waals surface area contributed by atoms with Gasteiger partial charge in [-0.1, -0.05) is 42.0 Å². The zero-order chi connectivity index (χ0) is 24.2. The van der Waals surface area contributed by atoms with Crippen molar-refractivity contribution in [2.45, 2.75) is 26.8 Å². The molecule has 0 aliphatic carbocycles. The van der Waals surface area contributed by atoms with Gasteiger partial charge in [-0.05, 0) is 67.8 Å². The number of aromatic carboxylic acids is 1. The van der Waals surface area contributed by atoms with E-state index in [0.717, 1.165) is 28.1 Å². The molecular weight excluding hydrogens is 450 g/mol. The number of aromatic nitrogens is 1. The van der Waals surface area contributed by atoms with Gasteiger partial charge < -0.3 is 9.67 Å². The molecule has 1 aromatic heterocycles. The topological polar surface area (TPSA) is 74.6 Å². The molecule has 1 aliphatic heterocycles. The van der Waals surface area contributed by atoms with Gasteiger partial charge in [0.1, 0.15) is 0 Å². The predicted molar refractivity (Wildman–Crippen MR) is 136 cm³/mol. The maximum absolute atomic E-state index is 13.4. The number of halogens is 1. The third kappa shape index (κ3) is 4.77. The van der Waals surface area contributed by atoms with Crippen molar-refractivity contribution in [2.24, 2.45) is 0 Å². The molecule has 6 nitrogen and oxygen atoms in total. The molecule has 2 heterocycles. The second-order valence-corrected chi connectivity index (χ2v) is 8.50. The quantitative estimate of drug-likeness (QED) is 0.447. The van der Waals surface area contributed by atoms with Crippen LogP contribution in [0, 0.1) is 0 Å². The summed E-state index contributed by atoms with van der Waals surface area (Å²) in [5.41, 5.74) is 8.40. The van der Waals surface area contributed by atoms with E-state index in [1.54, 1.807) is 23.2 Å². The molecule has 0 atom stereocenters. The highest BCUT2D eigenvalue weighted by Crippen LogP contribution is 2.29. The molecule has 0 saturated heterocycles. The van der Waals surface area contributed by atoms with Crippen LogP contribution in [-0.2, 0) is 17.8 Å². The van der Waals surface area contributed by atoms with E-state index < -0.39 is 5.97 Å². The SMILES string of the molecule is C/C=C\c1ccn(Cc2ccc(Cl)cc2)c1/C(=C\C)C(=O)NN1CCc2cc(C(=O)O)ccc21. The first-order chi connectivity index (χ1) is 16.4. The number of rotatable bonds is 7. The number of carbonyl (C=O) groups is 2. The van der Waals surface area contributed by atoms with Crippen LogP contribution in [0.1, 0.15) is 46.6 Å². The molecule has 1 amide bonds. The minimum Gasteiger partial charge on any atom is -0.478 e. The minimum atomic E-state index is -0.959. The zero-order valence-corrected chi connectivity index (χ0v) is 19.8. The van der Waals surface area contributed by atoms with E-state index in [4.69, 9.17) is 11.6 Å². The van der Waals surface area contributed by atoms with Crippen LogP contribution >= 0.6 is 11.6 Å². The summed E-state index contributed by atoms with van der Waals surface area (Å²) < 4.78 is 2.06. The van der Waals surface area contributed by atoms with Crippen molar-refractivity contribution in [3.63, 3.8) is 0 Å². The molecule has 0 radical (unpaired) electrons. The second kappa shape index (κ2) is 10.0. The molecule has 2 aromatic carbocycles. The Hall–Kier alpha value is -3.77. The Morgan fingerprint density at radius 3 is 2.56 bits per heavy atom. The van der Waals surface area contributed by atoms with E-state index in [1.165, 1.54) is 0 Å². The average Bonchev–Trinajstić information content (AvgIpc) is 3.40. The normalized spacial score (nSPS) is 13.4. The number of hydrogen-bond donors (Lipinski definition) is 2. The van der Waals surface area contributed by atoms with Crippen LogP contribution < -0.4 is 10.4 Å². The van der Waals surface area contributed by atoms with Crippen molar-refractivity contribution >= 4 is 40.8 Å². The van der Waals surface area contributed by atoms with E-state index >= 15 is 0 Å². The monoisotopic (exact) mass is 475 g/mol. The maximum atomic E-state index is 13.4. The number of hydrazine groups is 1. The van der Waals surface area contributed by atoms with Crippen LogP contribution in [0.15, 0.2) is 66.9 Å². The number of anilines is 1. The number of nitrogens with one attached hydrogen (secondary N) is 1. The first-order valence-corrected chi connectivity index (χ1v) is 11.5. The third-order valence-electron chi connectivity index (χ3n) is 5.85. The van der Waals surface area contributed by atoms with Crippen molar-refractivity contribution in [1.82, 2.24) is 9.99 Å². The molecule has 34 heavy (non-hydrogen) atoms. The van der Waals surface area contributed by atoms with Gasteiger partial charge in [0, 0.05) is 29.9 Å². The van der Waals surface area contributed by atoms with Gasteiger partial charge in [-0.3, -0.25) is 15.2 Å². The molecule has 0 spiro atoms. The summed E-state index contributed by atoms with van der Waals surface area (Å²) in [7, 11) is 0. The third-order valence-corrected chi connectivity index (χ3v) is 6.11. The number of benzene rings is 2. The van der Waals surface area contributed by atoms with Crippen LogP contribution in [0.25, 0.3) is 11.6 Å². The molecule has 2 N–H and O–H groups in total. The van der Waals surface area contributed by atoms with Gasteiger partial charge in [0.2, 0.25) is 0 Å². The number of amides is 1. The fraction of sp³-hybridized carbons (Fsp3) is 0.185. The molecule has 0 fully saturated rings. The number of fused-ring (bicyclic) bond motifs is 1. The van der Waals surface area contributed by atoms with E-state index in [0.29, 0.717) is 30.1 Å². The summed E-state index contributed by atoms with van der Waals surface area (Å²) in [6.07, 6.45) is 8.41. The fourth-order valence-corrected chi connectivity index (χ4v) is 4.37. The summed E-state index contributed by atoms with van der Waals surface area (Å²) in [4.78, 5) is 24.7. The van der Waals surface area contributed by atoms with E-state index in [-0.39, 0.29) is 11.5 Å². The average molecular weight is 476 g/mol. The van der Waals surface area contributed by atoms with Crippen molar-refractivity contribution in [2.75, 3.05) is 11.6 Å². The Bertz CT molecular complexity index is 1290. The van der Waals surface area contributed by atoms with Gasteiger partial charge >= 0.3 is 5.97 Å². The Morgan fingerprint density at radius 1 is 1.12 bits per heavy atom. The first-order valence-electron chi connectivity index (χ1n) is 11.1. The summed E-state index contributed by atoms with van der Waals surface area (Å²) in [5.74, 6) is -1.18. The van der Waals surface area contributed by atoms with E-state index in [2.05, 4.69) is 9.99 Å². The summed E-state index contributed by atoms with van der Waals surface area (Å²) >= 11 is 6.04. The largest absolute Gasteiger partial charge is 0.478 e. The minimum absolute atomic E-state index is 0.223. The molecular formula is C27H26ClN3O3. The standard InChI is InChI=1S/C27H26ClN3O3/c1-3-5-19-12-14-30(17-18-6-9-22(28)10-7-18)25(19)23(4-2)26(32)29-31-15-13-20-16-21(27(33)34)8-11-24(20)31/h3-12,14,16H,13,15,17H2,1-2H3,(H,29,32)(H,33,34)/b5-3-,23-4+. The summed E-state index contributed by atoms with van der Waals surface area (Å²) in [6, 6.07) is 14.6. The number of carboxylic acid groups (broad SMARTS) is 1. The van der Waals surface area contributed by atoms with E-state index in [1.807, 2.05) is 68.6 Å². The molecule has 0 saturated carbocycles. The van der Waals surface area contributed by atoms with Gasteiger partial charge in [-0.15, -0.1) is 0 Å². The van der Waals surface area contributed by atoms with Gasteiger partial charge in [0.05, 0.1) is 22.5 Å². The fourth-order valence-electron chi connectivity index (χ4n) is 4.24. The molecule has 0 unspecified atom stereocenters. The highest BCUT2D eigenvalue weighted by atomic mass is 35.5. The number of nitrogens with zero attached hydrogens (tertiary/aromatic N) is 2. The van der Waals surface area contributed by atoms with Crippen LogP contribution in [0.4, 0.5) is 5.69 Å². The number of carbonyl (C=O) groups excluding carboxylic acids is 1. The van der Waals surface area contributed by atoms with Gasteiger partial charge in [0.25, 0.3) is 5.91 Å². The Morgan fingerprint density at radius 2 is 1.88 bits per heavy atom. The lowest BCUT2D eigenvalue weighted by atomic mass is 10.1. The smallest absolute Gasteiger partial charge is 0.335 e. The van der Waals surface area contributed by atoms with Crippen molar-refractivity contribution in [1.29, 1.82) is 0 Å². The number of allylic oxidation sites excluding steroid dienone is 2. The highest BCUT2D eigenvalue weighted by Gasteiger charge is 2.25. The predicted octanol–water partition coefficient (Wildman–Crippen LogP) is 5.42. The van der Waals surface area contributed by atoms with Crippen molar-refractivity contribution < 1.29 is 14.7 Å². The molecule has 7 heteroatoms. The molecule has 3 aromatic rings. The van der Waals surface area contributed by atoms with E-state index in [9.17, 15) is 14.7 Å². The van der Waals surface area contributed by atoms with Crippen LogP contribution in [0.3, 0.4) is 0 Å². The zero-order valence-electron chi connectivity index (χ0n) is 19.1.